The summed E-state index contributed by atoms with van der Waals surface area (Å²) in [6, 6.07) is 5.91. The Bertz CT molecular complexity index is 455. The fourth-order valence-electron chi connectivity index (χ4n) is 2.36. The normalized spacial score (nSPS) is 17.1. The van der Waals surface area contributed by atoms with Crippen LogP contribution in [0.5, 0.6) is 0 Å². The van der Waals surface area contributed by atoms with Crippen molar-refractivity contribution in [2.24, 2.45) is 5.41 Å². The Morgan fingerprint density at radius 3 is 2.67 bits per heavy atom. The molecule has 1 fully saturated rings. The van der Waals surface area contributed by atoms with E-state index in [4.69, 9.17) is 0 Å². The lowest BCUT2D eigenvalue weighted by Crippen LogP contribution is -2.48. The zero-order valence-electron chi connectivity index (χ0n) is 10.8. The molecule has 4 heteroatoms. The van der Waals surface area contributed by atoms with Crippen molar-refractivity contribution in [1.29, 1.82) is 0 Å². The van der Waals surface area contributed by atoms with Crippen LogP contribution in [0.1, 0.15) is 24.8 Å². The summed E-state index contributed by atoms with van der Waals surface area (Å²) >= 11 is 3.48. The molecule has 1 aliphatic carbocycles. The van der Waals surface area contributed by atoms with Gasteiger partial charge < -0.3 is 10.6 Å². The molecule has 0 heterocycles. The van der Waals surface area contributed by atoms with Gasteiger partial charge in [-0.25, -0.2) is 0 Å². The molecular formula is C14H19BrN2O. The molecule has 1 saturated carbocycles. The van der Waals surface area contributed by atoms with Crippen LogP contribution in [0.25, 0.3) is 0 Å². The summed E-state index contributed by atoms with van der Waals surface area (Å²) in [5.74, 6) is 0.138. The molecule has 0 atom stereocenters. The van der Waals surface area contributed by atoms with Gasteiger partial charge in [-0.1, -0.05) is 28.4 Å². The van der Waals surface area contributed by atoms with Gasteiger partial charge in [-0.2, -0.15) is 0 Å². The quantitative estimate of drug-likeness (QED) is 0.897. The lowest BCUT2D eigenvalue weighted by Gasteiger charge is -2.40. The average Bonchev–Trinajstić information content (AvgIpc) is 2.28. The van der Waals surface area contributed by atoms with Gasteiger partial charge in [-0.05, 0) is 44.5 Å². The first kappa shape index (κ1) is 13.6. The Kier molecular flexibility index (Phi) is 4.07. The predicted octanol–water partition coefficient (Wildman–Crippen LogP) is 3.09. The number of rotatable bonds is 4. The standard InChI is InChI=1S/C14H19BrN2O/c1-10-4-5-11(8-12(10)15)17-13(18)14(9-16-2)6-3-7-14/h4-5,8,16H,3,6-7,9H2,1-2H3,(H,17,18). The second-order valence-corrected chi connectivity index (χ2v) is 5.94. The molecule has 1 amide bonds. The van der Waals surface area contributed by atoms with Gasteiger partial charge in [0.1, 0.15) is 0 Å². The second kappa shape index (κ2) is 5.41. The van der Waals surface area contributed by atoms with Crippen LogP contribution in [0, 0.1) is 12.3 Å². The molecule has 0 saturated heterocycles. The molecule has 1 aromatic carbocycles. The van der Waals surface area contributed by atoms with Gasteiger partial charge in [-0.3, -0.25) is 4.79 Å². The van der Waals surface area contributed by atoms with Crippen molar-refractivity contribution in [3.8, 4) is 0 Å². The maximum Gasteiger partial charge on any atom is 0.231 e. The summed E-state index contributed by atoms with van der Waals surface area (Å²) < 4.78 is 1.02. The monoisotopic (exact) mass is 310 g/mol. The first-order chi connectivity index (χ1) is 8.57. The summed E-state index contributed by atoms with van der Waals surface area (Å²) in [5, 5.41) is 6.16. The number of amides is 1. The fourth-order valence-corrected chi connectivity index (χ4v) is 2.74. The summed E-state index contributed by atoms with van der Waals surface area (Å²) in [6.45, 7) is 2.79. The first-order valence-corrected chi connectivity index (χ1v) is 7.09. The summed E-state index contributed by atoms with van der Waals surface area (Å²) in [4.78, 5) is 12.3. The predicted molar refractivity (Wildman–Crippen MR) is 77.7 cm³/mol. The molecule has 2 rings (SSSR count). The zero-order chi connectivity index (χ0) is 13.2. The number of nitrogens with one attached hydrogen (secondary N) is 2. The number of carbonyl (C=O) groups is 1. The molecular weight excluding hydrogens is 292 g/mol. The molecule has 18 heavy (non-hydrogen) atoms. The van der Waals surface area contributed by atoms with Crippen LogP contribution in [-0.2, 0) is 4.79 Å². The smallest absolute Gasteiger partial charge is 0.231 e. The molecule has 0 spiro atoms. The molecule has 98 valence electrons. The Morgan fingerprint density at radius 2 is 2.17 bits per heavy atom. The highest BCUT2D eigenvalue weighted by atomic mass is 79.9. The van der Waals surface area contributed by atoms with Crippen LogP contribution in [0.3, 0.4) is 0 Å². The van der Waals surface area contributed by atoms with Gasteiger partial charge >= 0.3 is 0 Å². The van der Waals surface area contributed by atoms with Crippen molar-refractivity contribution in [2.75, 3.05) is 18.9 Å². The molecule has 0 radical (unpaired) electrons. The van der Waals surface area contributed by atoms with Gasteiger partial charge in [0.15, 0.2) is 0 Å². The van der Waals surface area contributed by atoms with Crippen molar-refractivity contribution >= 4 is 27.5 Å². The van der Waals surface area contributed by atoms with E-state index in [1.807, 2.05) is 32.2 Å². The van der Waals surface area contributed by atoms with Crippen LogP contribution in [-0.4, -0.2) is 19.5 Å². The molecule has 2 N–H and O–H groups in total. The topological polar surface area (TPSA) is 41.1 Å². The van der Waals surface area contributed by atoms with E-state index in [1.165, 1.54) is 5.56 Å². The minimum absolute atomic E-state index is 0.138. The van der Waals surface area contributed by atoms with E-state index in [0.29, 0.717) is 0 Å². The zero-order valence-corrected chi connectivity index (χ0v) is 12.4. The minimum atomic E-state index is -0.202. The van der Waals surface area contributed by atoms with Crippen molar-refractivity contribution in [1.82, 2.24) is 5.32 Å². The molecule has 1 aliphatic rings. The Morgan fingerprint density at radius 1 is 1.44 bits per heavy atom. The van der Waals surface area contributed by atoms with E-state index in [-0.39, 0.29) is 11.3 Å². The fraction of sp³-hybridized carbons (Fsp3) is 0.500. The van der Waals surface area contributed by atoms with Crippen molar-refractivity contribution in [3.63, 3.8) is 0 Å². The maximum atomic E-state index is 12.3. The third kappa shape index (κ3) is 2.59. The van der Waals surface area contributed by atoms with E-state index in [9.17, 15) is 4.79 Å². The van der Waals surface area contributed by atoms with E-state index in [1.54, 1.807) is 0 Å². The summed E-state index contributed by atoms with van der Waals surface area (Å²) in [7, 11) is 1.90. The van der Waals surface area contributed by atoms with E-state index in [2.05, 4.69) is 26.6 Å². The van der Waals surface area contributed by atoms with Gasteiger partial charge in [0, 0.05) is 16.7 Å². The molecule has 0 aromatic heterocycles. The number of hydrogen-bond acceptors (Lipinski definition) is 2. The summed E-state index contributed by atoms with van der Waals surface area (Å²) in [5.41, 5.74) is 1.83. The third-order valence-electron chi connectivity index (χ3n) is 3.74. The number of anilines is 1. The maximum absolute atomic E-state index is 12.3. The largest absolute Gasteiger partial charge is 0.326 e. The van der Waals surface area contributed by atoms with Crippen molar-refractivity contribution in [3.05, 3.63) is 28.2 Å². The average molecular weight is 311 g/mol. The SMILES string of the molecule is CNCC1(C(=O)Nc2ccc(C)c(Br)c2)CCC1. The van der Waals surface area contributed by atoms with Crippen LogP contribution < -0.4 is 10.6 Å². The van der Waals surface area contributed by atoms with E-state index >= 15 is 0 Å². The van der Waals surface area contributed by atoms with E-state index in [0.717, 1.165) is 36.0 Å². The van der Waals surface area contributed by atoms with Crippen molar-refractivity contribution in [2.45, 2.75) is 26.2 Å². The van der Waals surface area contributed by atoms with Crippen LogP contribution in [0.2, 0.25) is 0 Å². The highest BCUT2D eigenvalue weighted by molar-refractivity contribution is 9.10. The molecule has 0 aliphatic heterocycles. The van der Waals surface area contributed by atoms with Gasteiger partial charge in [0.05, 0.1) is 5.41 Å². The first-order valence-electron chi connectivity index (χ1n) is 6.30. The number of aryl methyl sites for hydroxylation is 1. The lowest BCUT2D eigenvalue weighted by molar-refractivity contribution is -0.129. The van der Waals surface area contributed by atoms with Gasteiger partial charge in [0.2, 0.25) is 5.91 Å². The Balaban J connectivity index is 2.08. The molecule has 0 bridgehead atoms. The number of benzene rings is 1. The third-order valence-corrected chi connectivity index (χ3v) is 4.59. The Labute approximate surface area is 116 Å². The van der Waals surface area contributed by atoms with Gasteiger partial charge in [-0.15, -0.1) is 0 Å². The van der Waals surface area contributed by atoms with Crippen LogP contribution in [0.4, 0.5) is 5.69 Å². The highest BCUT2D eigenvalue weighted by Gasteiger charge is 2.43. The highest BCUT2D eigenvalue weighted by Crippen LogP contribution is 2.41. The van der Waals surface area contributed by atoms with Gasteiger partial charge in [0.25, 0.3) is 0 Å². The van der Waals surface area contributed by atoms with Crippen LogP contribution >= 0.6 is 15.9 Å². The lowest BCUT2D eigenvalue weighted by atomic mass is 9.68. The van der Waals surface area contributed by atoms with E-state index < -0.39 is 0 Å². The molecule has 1 aromatic rings. The summed E-state index contributed by atoms with van der Waals surface area (Å²) in [6.07, 6.45) is 3.10. The van der Waals surface area contributed by atoms with Crippen molar-refractivity contribution < 1.29 is 4.79 Å². The molecule has 0 unspecified atom stereocenters. The number of carbonyl (C=O) groups excluding carboxylic acids is 1. The van der Waals surface area contributed by atoms with Crippen LogP contribution in [0.15, 0.2) is 22.7 Å². The number of halogens is 1. The Hall–Kier alpha value is -0.870. The second-order valence-electron chi connectivity index (χ2n) is 5.08. The minimum Gasteiger partial charge on any atom is -0.326 e. The number of hydrogen-bond donors (Lipinski definition) is 2. The molecule has 3 nitrogen and oxygen atoms in total.